The Hall–Kier alpha value is -1.39. The minimum atomic E-state index is -0.0531. The highest BCUT2D eigenvalue weighted by atomic mass is 16.2. The van der Waals surface area contributed by atoms with Crippen LogP contribution >= 0.6 is 0 Å². The fourth-order valence-electron chi connectivity index (χ4n) is 3.57. The molecule has 2 aliphatic rings. The van der Waals surface area contributed by atoms with Gasteiger partial charge < -0.3 is 15.1 Å². The average molecular weight is 287 g/mol. The first-order chi connectivity index (χ1) is 10.1. The van der Waals surface area contributed by atoms with Gasteiger partial charge in [0.15, 0.2) is 0 Å². The maximum Gasteiger partial charge on any atom is 0.240 e. The van der Waals surface area contributed by atoms with Gasteiger partial charge in [0.25, 0.3) is 0 Å². The van der Waals surface area contributed by atoms with Crippen LogP contribution in [0.1, 0.15) is 24.0 Å². The highest BCUT2D eigenvalue weighted by Crippen LogP contribution is 2.22. The molecular formula is C17H25N3O. The predicted octanol–water partition coefficient (Wildman–Crippen LogP) is 1.25. The molecule has 1 aromatic rings. The molecule has 0 radical (unpaired) electrons. The summed E-state index contributed by atoms with van der Waals surface area (Å²) in [6.07, 6.45) is 3.08. The van der Waals surface area contributed by atoms with Gasteiger partial charge in [0, 0.05) is 25.7 Å². The van der Waals surface area contributed by atoms with Crippen molar-refractivity contribution in [3.63, 3.8) is 0 Å². The van der Waals surface area contributed by atoms with Gasteiger partial charge in [-0.3, -0.25) is 4.79 Å². The molecule has 1 aromatic carbocycles. The van der Waals surface area contributed by atoms with E-state index in [1.807, 2.05) is 0 Å². The Morgan fingerprint density at radius 2 is 2.10 bits per heavy atom. The summed E-state index contributed by atoms with van der Waals surface area (Å²) in [4.78, 5) is 17.1. The Labute approximate surface area is 127 Å². The third-order valence-electron chi connectivity index (χ3n) is 4.62. The van der Waals surface area contributed by atoms with Gasteiger partial charge in [-0.15, -0.1) is 0 Å². The molecular weight excluding hydrogens is 262 g/mol. The van der Waals surface area contributed by atoms with E-state index in [1.54, 1.807) is 0 Å². The third kappa shape index (κ3) is 3.11. The smallest absolute Gasteiger partial charge is 0.240 e. The Morgan fingerprint density at radius 1 is 1.33 bits per heavy atom. The van der Waals surface area contributed by atoms with E-state index < -0.39 is 0 Å². The zero-order chi connectivity index (χ0) is 14.8. The average Bonchev–Trinajstić information content (AvgIpc) is 2.93. The van der Waals surface area contributed by atoms with Crippen LogP contribution in [0.3, 0.4) is 0 Å². The lowest BCUT2D eigenvalue weighted by atomic mass is 9.95. The SMILES string of the molecule is CN(C)CC1CCCN1C(=O)[C@H]1Cc2ccccc2CN1. The molecule has 1 fully saturated rings. The van der Waals surface area contributed by atoms with Crippen LogP contribution in [0.15, 0.2) is 24.3 Å². The molecule has 3 rings (SSSR count). The van der Waals surface area contributed by atoms with Crippen LogP contribution < -0.4 is 5.32 Å². The standard InChI is InChI=1S/C17H25N3O/c1-19(2)12-15-8-5-9-20(15)17(21)16-10-13-6-3-4-7-14(13)11-18-16/h3-4,6-7,15-16,18H,5,8-12H2,1-2H3/t15?,16-/m1/s1. The van der Waals surface area contributed by atoms with Crippen molar-refractivity contribution in [2.45, 2.75) is 37.9 Å². The molecule has 2 atom stereocenters. The molecule has 1 unspecified atom stereocenters. The van der Waals surface area contributed by atoms with E-state index in [-0.39, 0.29) is 11.9 Å². The molecule has 0 aromatic heterocycles. The van der Waals surface area contributed by atoms with E-state index in [1.165, 1.54) is 11.1 Å². The molecule has 0 spiro atoms. The molecule has 0 bridgehead atoms. The van der Waals surface area contributed by atoms with Crippen LogP contribution in [-0.4, -0.2) is 55.0 Å². The second-order valence-corrected chi connectivity index (χ2v) is 6.50. The molecule has 2 heterocycles. The molecule has 4 heteroatoms. The van der Waals surface area contributed by atoms with E-state index in [0.29, 0.717) is 6.04 Å². The molecule has 0 saturated carbocycles. The van der Waals surface area contributed by atoms with Crippen molar-refractivity contribution in [3.05, 3.63) is 35.4 Å². The van der Waals surface area contributed by atoms with Crippen molar-refractivity contribution in [2.24, 2.45) is 0 Å². The zero-order valence-electron chi connectivity index (χ0n) is 13.0. The number of nitrogens with one attached hydrogen (secondary N) is 1. The summed E-state index contributed by atoms with van der Waals surface area (Å²) in [7, 11) is 4.16. The molecule has 1 amide bonds. The first kappa shape index (κ1) is 14.5. The summed E-state index contributed by atoms with van der Waals surface area (Å²) >= 11 is 0. The largest absolute Gasteiger partial charge is 0.337 e. The molecule has 1 N–H and O–H groups in total. The van der Waals surface area contributed by atoms with Crippen LogP contribution in [0.2, 0.25) is 0 Å². The lowest BCUT2D eigenvalue weighted by Gasteiger charge is -2.33. The lowest BCUT2D eigenvalue weighted by Crippen LogP contribution is -2.52. The van der Waals surface area contributed by atoms with Crippen molar-refractivity contribution in [1.29, 1.82) is 0 Å². The van der Waals surface area contributed by atoms with Gasteiger partial charge in [0.1, 0.15) is 0 Å². The van der Waals surface area contributed by atoms with Gasteiger partial charge in [0.2, 0.25) is 5.91 Å². The number of carbonyl (C=O) groups excluding carboxylic acids is 1. The number of rotatable bonds is 3. The van der Waals surface area contributed by atoms with Crippen molar-refractivity contribution < 1.29 is 4.79 Å². The van der Waals surface area contributed by atoms with E-state index in [0.717, 1.165) is 38.9 Å². The number of nitrogens with zero attached hydrogens (tertiary/aromatic N) is 2. The Kier molecular flexibility index (Phi) is 4.27. The number of likely N-dealkylation sites (tertiary alicyclic amines) is 1. The van der Waals surface area contributed by atoms with Crippen molar-refractivity contribution >= 4 is 5.91 Å². The number of amides is 1. The molecule has 21 heavy (non-hydrogen) atoms. The third-order valence-corrected chi connectivity index (χ3v) is 4.62. The van der Waals surface area contributed by atoms with E-state index in [9.17, 15) is 4.79 Å². The van der Waals surface area contributed by atoms with Gasteiger partial charge in [-0.25, -0.2) is 0 Å². The fourth-order valence-corrected chi connectivity index (χ4v) is 3.57. The summed E-state index contributed by atoms with van der Waals surface area (Å²) in [5.74, 6) is 0.286. The van der Waals surface area contributed by atoms with Gasteiger partial charge in [-0.05, 0) is 44.5 Å². The van der Waals surface area contributed by atoms with Crippen LogP contribution in [0.25, 0.3) is 0 Å². The molecule has 2 aliphatic heterocycles. The minimum absolute atomic E-state index is 0.0531. The van der Waals surface area contributed by atoms with Gasteiger partial charge in [-0.2, -0.15) is 0 Å². The molecule has 114 valence electrons. The summed E-state index contributed by atoms with van der Waals surface area (Å²) in [6.45, 7) is 2.69. The van der Waals surface area contributed by atoms with Gasteiger partial charge in [0.05, 0.1) is 6.04 Å². The Bertz CT molecular complexity index is 515. The summed E-state index contributed by atoms with van der Waals surface area (Å²) in [5, 5.41) is 3.42. The first-order valence-electron chi connectivity index (χ1n) is 7.90. The lowest BCUT2D eigenvalue weighted by molar-refractivity contribution is -0.134. The van der Waals surface area contributed by atoms with Gasteiger partial charge >= 0.3 is 0 Å². The summed E-state index contributed by atoms with van der Waals surface area (Å²) in [6, 6.07) is 8.76. The fraction of sp³-hybridized carbons (Fsp3) is 0.588. The highest BCUT2D eigenvalue weighted by Gasteiger charge is 2.34. The van der Waals surface area contributed by atoms with E-state index >= 15 is 0 Å². The van der Waals surface area contributed by atoms with E-state index in [4.69, 9.17) is 0 Å². The molecule has 1 saturated heterocycles. The van der Waals surface area contributed by atoms with Crippen molar-refractivity contribution in [2.75, 3.05) is 27.2 Å². The number of benzene rings is 1. The quantitative estimate of drug-likeness (QED) is 0.909. The second kappa shape index (κ2) is 6.16. The van der Waals surface area contributed by atoms with Crippen molar-refractivity contribution in [3.8, 4) is 0 Å². The normalized spacial score (nSPS) is 25.2. The Balaban J connectivity index is 1.68. The van der Waals surface area contributed by atoms with Crippen LogP contribution in [0.4, 0.5) is 0 Å². The number of hydrogen-bond acceptors (Lipinski definition) is 3. The van der Waals surface area contributed by atoms with Crippen LogP contribution in [-0.2, 0) is 17.8 Å². The van der Waals surface area contributed by atoms with Crippen molar-refractivity contribution in [1.82, 2.24) is 15.1 Å². The topological polar surface area (TPSA) is 35.6 Å². The zero-order valence-corrected chi connectivity index (χ0v) is 13.0. The molecule has 4 nitrogen and oxygen atoms in total. The monoisotopic (exact) mass is 287 g/mol. The molecule has 0 aliphatic carbocycles. The highest BCUT2D eigenvalue weighted by molar-refractivity contribution is 5.83. The minimum Gasteiger partial charge on any atom is -0.337 e. The second-order valence-electron chi connectivity index (χ2n) is 6.50. The van der Waals surface area contributed by atoms with Gasteiger partial charge in [-0.1, -0.05) is 24.3 Å². The van der Waals surface area contributed by atoms with Crippen LogP contribution in [0.5, 0.6) is 0 Å². The first-order valence-corrected chi connectivity index (χ1v) is 7.90. The maximum absolute atomic E-state index is 12.8. The number of carbonyl (C=O) groups is 1. The number of fused-ring (bicyclic) bond motifs is 1. The maximum atomic E-state index is 12.8. The summed E-state index contributed by atoms with van der Waals surface area (Å²) in [5.41, 5.74) is 2.64. The number of likely N-dealkylation sites (N-methyl/N-ethyl adjacent to an activating group) is 1. The Morgan fingerprint density at radius 3 is 2.86 bits per heavy atom. The predicted molar refractivity (Wildman–Crippen MR) is 84.1 cm³/mol. The van der Waals surface area contributed by atoms with E-state index in [2.05, 4.69) is 53.5 Å². The number of hydrogen-bond donors (Lipinski definition) is 1. The summed E-state index contributed by atoms with van der Waals surface area (Å²) < 4.78 is 0. The van der Waals surface area contributed by atoms with Crippen LogP contribution in [0, 0.1) is 0 Å².